The minimum atomic E-state index is -0.692. The molecule has 2 aromatic rings. The molecular formula is C26H37ClN8O2. The minimum Gasteiger partial charge on any atom is -0.370 e. The Balaban J connectivity index is 1.56. The van der Waals surface area contributed by atoms with Gasteiger partial charge in [0.1, 0.15) is 0 Å². The third-order valence-corrected chi connectivity index (χ3v) is 7.72. The van der Waals surface area contributed by atoms with Crippen molar-refractivity contribution in [2.24, 2.45) is 5.73 Å². The van der Waals surface area contributed by atoms with Crippen LogP contribution in [0.15, 0.2) is 18.2 Å². The van der Waals surface area contributed by atoms with E-state index in [0.29, 0.717) is 23.8 Å². The van der Waals surface area contributed by atoms with Gasteiger partial charge in [0.05, 0.1) is 17.1 Å². The van der Waals surface area contributed by atoms with E-state index >= 15 is 0 Å². The summed E-state index contributed by atoms with van der Waals surface area (Å²) in [5.41, 5.74) is 8.52. The number of aromatic nitrogens is 2. The van der Waals surface area contributed by atoms with Crippen molar-refractivity contribution in [1.82, 2.24) is 19.8 Å². The van der Waals surface area contributed by atoms with Gasteiger partial charge in [-0.15, -0.1) is 0 Å². The van der Waals surface area contributed by atoms with Gasteiger partial charge in [0.15, 0.2) is 16.7 Å². The van der Waals surface area contributed by atoms with Crippen LogP contribution in [0.25, 0.3) is 0 Å². The van der Waals surface area contributed by atoms with E-state index in [-0.39, 0.29) is 22.6 Å². The van der Waals surface area contributed by atoms with E-state index in [0.717, 1.165) is 63.5 Å². The molecule has 4 rings (SSSR count). The Morgan fingerprint density at radius 1 is 1.14 bits per heavy atom. The lowest BCUT2D eigenvalue weighted by Gasteiger charge is -2.43. The summed E-state index contributed by atoms with van der Waals surface area (Å²) in [7, 11) is 3.95. The van der Waals surface area contributed by atoms with E-state index in [9.17, 15) is 9.59 Å². The molecule has 2 aliphatic heterocycles. The normalized spacial score (nSPS) is 17.6. The number of carbonyl (C=O) groups excluding carboxylic acids is 2. The fourth-order valence-electron chi connectivity index (χ4n) is 5.04. The van der Waals surface area contributed by atoms with Crippen molar-refractivity contribution < 1.29 is 9.59 Å². The summed E-state index contributed by atoms with van der Waals surface area (Å²) in [4.78, 5) is 42.0. The molecule has 0 spiro atoms. The van der Waals surface area contributed by atoms with Crippen molar-refractivity contribution in [2.45, 2.75) is 39.2 Å². The molecule has 2 amide bonds. The number of piperazine rings is 1. The standard InChI is InChI=1S/C26H37ClN8O2/c1-5-20-24(27)31-26(23(30-20)25(28)37)29-18-6-7-21(22(16-18)33(4)17(2)36)35-10-8-19(9-11-35)34-14-12-32(3)13-15-34/h6-7,16,19H,5,8-15H2,1-4H3,(H2,28,37)(H,29,31). The lowest BCUT2D eigenvalue weighted by molar-refractivity contribution is -0.116. The first-order chi connectivity index (χ1) is 17.7. The molecule has 11 heteroatoms. The summed E-state index contributed by atoms with van der Waals surface area (Å²) in [5.74, 6) is -0.576. The zero-order valence-corrected chi connectivity index (χ0v) is 22.9. The molecule has 0 aliphatic carbocycles. The first-order valence-electron chi connectivity index (χ1n) is 12.9. The number of nitrogens with zero attached hydrogens (tertiary/aromatic N) is 6. The van der Waals surface area contributed by atoms with Crippen LogP contribution in [-0.2, 0) is 11.2 Å². The largest absolute Gasteiger partial charge is 0.370 e. The highest BCUT2D eigenvalue weighted by molar-refractivity contribution is 6.30. The molecule has 2 aliphatic rings. The number of rotatable bonds is 7. The number of primary amides is 1. The van der Waals surface area contributed by atoms with Crippen LogP contribution < -0.4 is 20.9 Å². The number of hydrogen-bond acceptors (Lipinski definition) is 8. The minimum absolute atomic E-state index is 0.0257. The van der Waals surface area contributed by atoms with Crippen molar-refractivity contribution in [2.75, 3.05) is 68.5 Å². The van der Waals surface area contributed by atoms with E-state index < -0.39 is 5.91 Å². The topological polar surface area (TPSA) is 111 Å². The Morgan fingerprint density at radius 3 is 2.41 bits per heavy atom. The Hall–Kier alpha value is -2.95. The second-order valence-electron chi connectivity index (χ2n) is 9.84. The van der Waals surface area contributed by atoms with E-state index in [1.165, 1.54) is 0 Å². The predicted molar refractivity (Wildman–Crippen MR) is 148 cm³/mol. The summed E-state index contributed by atoms with van der Waals surface area (Å²) >= 11 is 6.27. The van der Waals surface area contributed by atoms with Gasteiger partial charge in [-0.05, 0) is 44.5 Å². The molecule has 1 aromatic carbocycles. The molecule has 0 radical (unpaired) electrons. The average Bonchev–Trinajstić information content (AvgIpc) is 2.88. The number of halogens is 1. The third kappa shape index (κ3) is 6.14. The van der Waals surface area contributed by atoms with Crippen LogP contribution in [0, 0.1) is 0 Å². The number of hydrogen-bond donors (Lipinski definition) is 2. The van der Waals surface area contributed by atoms with Crippen LogP contribution in [0.3, 0.4) is 0 Å². The Bertz CT molecular complexity index is 1140. The van der Waals surface area contributed by atoms with Crippen LogP contribution in [0.1, 0.15) is 42.9 Å². The highest BCUT2D eigenvalue weighted by Gasteiger charge is 2.28. The van der Waals surface area contributed by atoms with E-state index in [2.05, 4.69) is 37.0 Å². The number of benzene rings is 1. The Morgan fingerprint density at radius 2 is 1.81 bits per heavy atom. The summed E-state index contributed by atoms with van der Waals surface area (Å²) < 4.78 is 0. The molecule has 0 atom stereocenters. The van der Waals surface area contributed by atoms with E-state index in [4.69, 9.17) is 17.3 Å². The van der Waals surface area contributed by atoms with Crippen molar-refractivity contribution in [1.29, 1.82) is 0 Å². The second-order valence-corrected chi connectivity index (χ2v) is 10.2. The number of carbonyl (C=O) groups is 2. The van der Waals surface area contributed by atoms with E-state index in [1.54, 1.807) is 18.9 Å². The maximum Gasteiger partial charge on any atom is 0.271 e. The van der Waals surface area contributed by atoms with Crippen molar-refractivity contribution in [3.63, 3.8) is 0 Å². The van der Waals surface area contributed by atoms with E-state index in [1.807, 2.05) is 25.1 Å². The fraction of sp³-hybridized carbons (Fsp3) is 0.538. The van der Waals surface area contributed by atoms with Crippen LogP contribution in [0.2, 0.25) is 5.15 Å². The average molecular weight is 529 g/mol. The van der Waals surface area contributed by atoms with Crippen LogP contribution >= 0.6 is 11.6 Å². The van der Waals surface area contributed by atoms with Gasteiger partial charge in [0.2, 0.25) is 5.91 Å². The summed E-state index contributed by atoms with van der Waals surface area (Å²) in [6, 6.07) is 6.40. The fourth-order valence-corrected chi connectivity index (χ4v) is 5.30. The number of nitrogens with two attached hydrogens (primary N) is 1. The quantitative estimate of drug-likeness (QED) is 0.564. The maximum absolute atomic E-state index is 12.4. The molecule has 2 fully saturated rings. The summed E-state index contributed by atoms with van der Waals surface area (Å²) in [6.07, 6.45) is 2.71. The lowest BCUT2D eigenvalue weighted by atomic mass is 10.0. The smallest absolute Gasteiger partial charge is 0.271 e. The van der Waals surface area contributed by atoms with Gasteiger partial charge >= 0.3 is 0 Å². The number of nitrogens with one attached hydrogen (secondary N) is 1. The van der Waals surface area contributed by atoms with Crippen molar-refractivity contribution >= 4 is 46.3 Å². The SMILES string of the molecule is CCc1nc(C(N)=O)c(Nc2ccc(N3CCC(N4CCN(C)CC4)CC3)c(N(C)C(C)=O)c2)nc1Cl. The number of anilines is 4. The number of amides is 2. The molecule has 3 heterocycles. The highest BCUT2D eigenvalue weighted by Crippen LogP contribution is 2.35. The van der Waals surface area contributed by atoms with Crippen molar-refractivity contribution in [3.8, 4) is 0 Å². The number of aryl methyl sites for hydroxylation is 1. The van der Waals surface area contributed by atoms with Gasteiger partial charge in [-0.2, -0.15) is 0 Å². The summed E-state index contributed by atoms with van der Waals surface area (Å²) in [5, 5.41) is 3.36. The molecule has 1 aromatic heterocycles. The Labute approximate surface area is 223 Å². The monoisotopic (exact) mass is 528 g/mol. The molecule has 200 valence electrons. The number of piperidine rings is 1. The second kappa shape index (κ2) is 11.6. The lowest BCUT2D eigenvalue weighted by Crippen LogP contribution is -2.52. The summed E-state index contributed by atoms with van der Waals surface area (Å²) in [6.45, 7) is 9.76. The first-order valence-corrected chi connectivity index (χ1v) is 13.2. The van der Waals surface area contributed by atoms with Crippen LogP contribution in [0.5, 0.6) is 0 Å². The molecular weight excluding hydrogens is 492 g/mol. The zero-order chi connectivity index (χ0) is 26.7. The van der Waals surface area contributed by atoms with Gasteiger partial charge in [-0.1, -0.05) is 18.5 Å². The molecule has 3 N–H and O–H groups in total. The predicted octanol–water partition coefficient (Wildman–Crippen LogP) is 2.73. The Kier molecular flexibility index (Phi) is 8.51. The molecule has 0 bridgehead atoms. The zero-order valence-electron chi connectivity index (χ0n) is 22.1. The first kappa shape index (κ1) is 27.1. The maximum atomic E-state index is 12.4. The third-order valence-electron chi connectivity index (χ3n) is 7.42. The van der Waals surface area contributed by atoms with Crippen molar-refractivity contribution in [3.05, 3.63) is 34.7 Å². The number of likely N-dealkylation sites (N-methyl/N-ethyl adjacent to an activating group) is 1. The molecule has 2 saturated heterocycles. The highest BCUT2D eigenvalue weighted by atomic mass is 35.5. The molecule has 0 unspecified atom stereocenters. The van der Waals surface area contributed by atoms with Gasteiger partial charge < -0.3 is 25.8 Å². The van der Waals surface area contributed by atoms with Crippen LogP contribution in [-0.4, -0.2) is 91.0 Å². The van der Waals surface area contributed by atoms with Gasteiger partial charge in [0, 0.05) is 65.0 Å². The molecule has 37 heavy (non-hydrogen) atoms. The van der Waals surface area contributed by atoms with Gasteiger partial charge in [-0.3, -0.25) is 14.5 Å². The van der Waals surface area contributed by atoms with Crippen LogP contribution in [0.4, 0.5) is 22.9 Å². The molecule has 10 nitrogen and oxygen atoms in total. The van der Waals surface area contributed by atoms with Gasteiger partial charge in [-0.25, -0.2) is 9.97 Å². The van der Waals surface area contributed by atoms with Gasteiger partial charge in [0.25, 0.3) is 5.91 Å². The molecule has 0 saturated carbocycles.